The fourth-order valence-electron chi connectivity index (χ4n) is 2.39. The van der Waals surface area contributed by atoms with Gasteiger partial charge in [-0.05, 0) is 17.7 Å². The molecule has 0 bridgehead atoms. The fourth-order valence-corrected chi connectivity index (χ4v) is 2.70. The van der Waals surface area contributed by atoms with Crippen molar-refractivity contribution in [3.63, 3.8) is 0 Å². The first kappa shape index (κ1) is 14.5. The van der Waals surface area contributed by atoms with Gasteiger partial charge >= 0.3 is 0 Å². The van der Waals surface area contributed by atoms with E-state index in [0.29, 0.717) is 0 Å². The summed E-state index contributed by atoms with van der Waals surface area (Å²) < 4.78 is 0. The molecule has 0 aliphatic rings. The van der Waals surface area contributed by atoms with Gasteiger partial charge in [-0.15, -0.1) is 0 Å². The van der Waals surface area contributed by atoms with Gasteiger partial charge in [-0.3, -0.25) is 0 Å². The first-order valence-electron chi connectivity index (χ1n) is 7.30. The van der Waals surface area contributed by atoms with Crippen LogP contribution in [-0.4, -0.2) is 4.99 Å². The number of nitrogens with zero attached hydrogens (tertiary/aromatic N) is 1. The summed E-state index contributed by atoms with van der Waals surface area (Å²) in [6.45, 7) is 0.762. The van der Waals surface area contributed by atoms with Crippen LogP contribution in [0.2, 0.25) is 0 Å². The topological polar surface area (TPSA) is 3.24 Å². The van der Waals surface area contributed by atoms with Gasteiger partial charge in [0.25, 0.3) is 0 Å². The first-order chi connectivity index (χ1) is 10.8. The quantitative estimate of drug-likeness (QED) is 0.619. The number of rotatable bonds is 4. The predicted octanol–water partition coefficient (Wildman–Crippen LogP) is 5.07. The van der Waals surface area contributed by atoms with Crippen LogP contribution in [0, 0.1) is 0 Å². The molecule has 3 rings (SSSR count). The lowest BCUT2D eigenvalue weighted by atomic mass is 10.1. The zero-order valence-electron chi connectivity index (χ0n) is 12.2. The summed E-state index contributed by atoms with van der Waals surface area (Å²) in [5.74, 6) is 0. The third-order valence-electron chi connectivity index (χ3n) is 3.52. The minimum atomic E-state index is 0.762. The molecule has 0 atom stereocenters. The average Bonchev–Trinajstić information content (AvgIpc) is 2.61. The van der Waals surface area contributed by atoms with Crippen LogP contribution in [0.5, 0.6) is 0 Å². The van der Waals surface area contributed by atoms with E-state index in [0.717, 1.165) is 22.8 Å². The minimum absolute atomic E-state index is 0.762. The van der Waals surface area contributed by atoms with Crippen LogP contribution in [-0.2, 0) is 6.54 Å². The van der Waals surface area contributed by atoms with Gasteiger partial charge in [-0.25, -0.2) is 0 Å². The molecule has 0 saturated carbocycles. The van der Waals surface area contributed by atoms with E-state index in [1.165, 1.54) is 5.56 Å². The molecule has 0 amide bonds. The maximum absolute atomic E-state index is 5.75. The van der Waals surface area contributed by atoms with E-state index in [1.54, 1.807) is 0 Å². The van der Waals surface area contributed by atoms with Gasteiger partial charge in [-0.2, -0.15) is 0 Å². The van der Waals surface area contributed by atoms with E-state index in [4.69, 9.17) is 12.2 Å². The van der Waals surface area contributed by atoms with Crippen LogP contribution in [0.4, 0.5) is 5.69 Å². The highest BCUT2D eigenvalue weighted by Crippen LogP contribution is 2.20. The largest absolute Gasteiger partial charge is 0.328 e. The van der Waals surface area contributed by atoms with Crippen molar-refractivity contribution >= 4 is 22.9 Å². The number of anilines is 1. The van der Waals surface area contributed by atoms with Crippen LogP contribution in [0.3, 0.4) is 0 Å². The fraction of sp³-hybridized carbons (Fsp3) is 0.0500. The molecule has 3 aromatic carbocycles. The molecule has 0 aromatic heterocycles. The highest BCUT2D eigenvalue weighted by atomic mass is 32.1. The molecule has 0 aliphatic heterocycles. The Morgan fingerprint density at radius 1 is 0.682 bits per heavy atom. The second-order valence-corrected chi connectivity index (χ2v) is 5.47. The lowest BCUT2D eigenvalue weighted by molar-refractivity contribution is 1.02. The molecule has 0 spiro atoms. The summed E-state index contributed by atoms with van der Waals surface area (Å²) >= 11 is 5.75. The van der Waals surface area contributed by atoms with Crippen molar-refractivity contribution < 1.29 is 0 Å². The summed E-state index contributed by atoms with van der Waals surface area (Å²) in [6, 6.07) is 30.9. The Labute approximate surface area is 136 Å². The van der Waals surface area contributed by atoms with Crippen molar-refractivity contribution in [1.82, 2.24) is 0 Å². The van der Waals surface area contributed by atoms with Crippen molar-refractivity contribution in [3.8, 4) is 0 Å². The predicted molar refractivity (Wildman–Crippen MR) is 97.2 cm³/mol. The zero-order valence-corrected chi connectivity index (χ0v) is 13.0. The van der Waals surface area contributed by atoms with Gasteiger partial charge in [0.1, 0.15) is 4.99 Å². The van der Waals surface area contributed by atoms with Crippen LogP contribution in [0.1, 0.15) is 11.1 Å². The van der Waals surface area contributed by atoms with Gasteiger partial charge < -0.3 is 4.90 Å². The molecular weight excluding hydrogens is 286 g/mol. The first-order valence-corrected chi connectivity index (χ1v) is 7.71. The van der Waals surface area contributed by atoms with Crippen LogP contribution in [0.15, 0.2) is 91.0 Å². The summed E-state index contributed by atoms with van der Waals surface area (Å²) in [6.07, 6.45) is 0. The van der Waals surface area contributed by atoms with E-state index in [1.807, 2.05) is 42.5 Å². The van der Waals surface area contributed by atoms with Gasteiger partial charge in [0.2, 0.25) is 0 Å². The van der Waals surface area contributed by atoms with Gasteiger partial charge in [0, 0.05) is 17.8 Å². The number of hydrogen-bond donors (Lipinski definition) is 0. The summed E-state index contributed by atoms with van der Waals surface area (Å²) in [4.78, 5) is 3.02. The number of hydrogen-bond acceptors (Lipinski definition) is 1. The van der Waals surface area contributed by atoms with E-state index in [9.17, 15) is 0 Å². The number of para-hydroxylation sites is 1. The molecule has 0 fully saturated rings. The molecule has 3 aromatic rings. The summed E-state index contributed by atoms with van der Waals surface area (Å²) in [7, 11) is 0. The summed E-state index contributed by atoms with van der Waals surface area (Å²) in [5, 5.41) is 0. The molecule has 0 aliphatic carbocycles. The molecule has 108 valence electrons. The van der Waals surface area contributed by atoms with Crippen molar-refractivity contribution in [2.24, 2.45) is 0 Å². The standard InChI is InChI=1S/C20H17NS/c22-20(18-12-6-2-7-13-18)21(19-14-8-3-9-15-19)16-17-10-4-1-5-11-17/h1-15H,16H2. The molecule has 0 heterocycles. The maximum atomic E-state index is 5.75. The smallest absolute Gasteiger partial charge is 0.113 e. The monoisotopic (exact) mass is 303 g/mol. The van der Waals surface area contributed by atoms with Crippen LogP contribution in [0.25, 0.3) is 0 Å². The minimum Gasteiger partial charge on any atom is -0.328 e. The molecule has 2 heteroatoms. The van der Waals surface area contributed by atoms with Crippen LogP contribution < -0.4 is 4.90 Å². The third kappa shape index (κ3) is 3.41. The van der Waals surface area contributed by atoms with E-state index >= 15 is 0 Å². The highest BCUT2D eigenvalue weighted by molar-refractivity contribution is 7.81. The Balaban J connectivity index is 1.95. The SMILES string of the molecule is S=C(c1ccccc1)N(Cc1ccccc1)c1ccccc1. The van der Waals surface area contributed by atoms with E-state index in [2.05, 4.69) is 53.4 Å². The van der Waals surface area contributed by atoms with Crippen molar-refractivity contribution in [3.05, 3.63) is 102 Å². The van der Waals surface area contributed by atoms with Gasteiger partial charge in [-0.1, -0.05) is 91.1 Å². The zero-order chi connectivity index (χ0) is 15.2. The Bertz CT molecular complexity index is 723. The molecule has 0 saturated heterocycles. The Hall–Kier alpha value is -2.45. The second-order valence-electron chi connectivity index (χ2n) is 5.08. The Morgan fingerprint density at radius 2 is 1.18 bits per heavy atom. The number of thiocarbonyl (C=S) groups is 1. The molecule has 1 nitrogen and oxygen atoms in total. The molecule has 22 heavy (non-hydrogen) atoms. The maximum Gasteiger partial charge on any atom is 0.113 e. The molecular formula is C20H17NS. The van der Waals surface area contributed by atoms with Crippen molar-refractivity contribution in [2.45, 2.75) is 6.54 Å². The lowest BCUT2D eigenvalue weighted by Crippen LogP contribution is -2.29. The van der Waals surface area contributed by atoms with Gasteiger partial charge in [0.05, 0.1) is 0 Å². The molecule has 0 N–H and O–H groups in total. The average molecular weight is 303 g/mol. The Morgan fingerprint density at radius 3 is 1.77 bits per heavy atom. The van der Waals surface area contributed by atoms with Crippen molar-refractivity contribution in [1.29, 1.82) is 0 Å². The molecule has 0 unspecified atom stereocenters. The number of benzene rings is 3. The van der Waals surface area contributed by atoms with Crippen molar-refractivity contribution in [2.75, 3.05) is 4.90 Å². The third-order valence-corrected chi connectivity index (χ3v) is 3.97. The summed E-state index contributed by atoms with van der Waals surface area (Å²) in [5.41, 5.74) is 3.42. The van der Waals surface area contributed by atoms with Crippen LogP contribution >= 0.6 is 12.2 Å². The van der Waals surface area contributed by atoms with E-state index < -0.39 is 0 Å². The van der Waals surface area contributed by atoms with E-state index in [-0.39, 0.29) is 0 Å². The second kappa shape index (κ2) is 7.01. The highest BCUT2D eigenvalue weighted by Gasteiger charge is 2.14. The Kier molecular flexibility index (Phi) is 4.62. The molecule has 0 radical (unpaired) electrons. The lowest BCUT2D eigenvalue weighted by Gasteiger charge is -2.26. The van der Waals surface area contributed by atoms with Gasteiger partial charge in [0.15, 0.2) is 0 Å². The normalized spacial score (nSPS) is 10.2.